The van der Waals surface area contributed by atoms with E-state index < -0.39 is 0 Å². The third-order valence-electron chi connectivity index (χ3n) is 2.98. The summed E-state index contributed by atoms with van der Waals surface area (Å²) in [6, 6.07) is 5.79. The number of nitrogens with two attached hydrogens (primary N) is 1. The van der Waals surface area contributed by atoms with Gasteiger partial charge >= 0.3 is 0 Å². The predicted molar refractivity (Wildman–Crippen MR) is 78.3 cm³/mol. The van der Waals surface area contributed by atoms with Crippen LogP contribution in [0.2, 0.25) is 0 Å². The molecular formula is C14H21NO2S. The van der Waals surface area contributed by atoms with Gasteiger partial charge in [0.1, 0.15) is 10.7 Å². The fourth-order valence-electron chi connectivity index (χ4n) is 1.54. The third kappa shape index (κ3) is 3.96. The average Bonchev–Trinajstić information content (AvgIpc) is 2.30. The lowest BCUT2D eigenvalue weighted by atomic mass is 10.1. The van der Waals surface area contributed by atoms with Crippen molar-refractivity contribution in [2.45, 2.75) is 32.8 Å². The number of hydrogen-bond donors (Lipinski definition) is 1. The zero-order chi connectivity index (χ0) is 13.8. The summed E-state index contributed by atoms with van der Waals surface area (Å²) in [5.41, 5.74) is 7.33. The van der Waals surface area contributed by atoms with Crippen LogP contribution in [-0.4, -0.2) is 24.3 Å². The smallest absolute Gasteiger partial charge is 0.132 e. The molecule has 0 unspecified atom stereocenters. The van der Waals surface area contributed by atoms with Crippen LogP contribution in [0.15, 0.2) is 18.2 Å². The fourth-order valence-corrected chi connectivity index (χ4v) is 1.70. The maximum atomic E-state index is 5.82. The zero-order valence-electron chi connectivity index (χ0n) is 11.4. The molecule has 1 rings (SSSR count). The Hall–Kier alpha value is -1.13. The molecule has 18 heavy (non-hydrogen) atoms. The van der Waals surface area contributed by atoms with Crippen molar-refractivity contribution < 1.29 is 9.47 Å². The number of aryl methyl sites for hydroxylation is 1. The van der Waals surface area contributed by atoms with Gasteiger partial charge in [-0.15, -0.1) is 0 Å². The SMILES string of the molecule is COC(C)(C)CCOc1c(C)cccc1C(N)=S. The van der Waals surface area contributed by atoms with Gasteiger partial charge in [0.05, 0.1) is 17.8 Å². The highest BCUT2D eigenvalue weighted by molar-refractivity contribution is 7.80. The molecule has 0 saturated heterocycles. The molecule has 3 nitrogen and oxygen atoms in total. The van der Waals surface area contributed by atoms with Crippen LogP contribution in [0, 0.1) is 6.92 Å². The largest absolute Gasteiger partial charge is 0.492 e. The lowest BCUT2D eigenvalue weighted by molar-refractivity contribution is 0.00538. The Morgan fingerprint density at radius 2 is 2.06 bits per heavy atom. The second-order valence-electron chi connectivity index (χ2n) is 4.88. The van der Waals surface area contributed by atoms with E-state index in [0.717, 1.165) is 23.3 Å². The predicted octanol–water partition coefficient (Wildman–Crippen LogP) is 2.82. The van der Waals surface area contributed by atoms with Crippen LogP contribution in [0.5, 0.6) is 5.75 Å². The highest BCUT2D eigenvalue weighted by Gasteiger charge is 2.17. The molecule has 100 valence electrons. The van der Waals surface area contributed by atoms with Crippen molar-refractivity contribution in [2.75, 3.05) is 13.7 Å². The molecule has 0 aliphatic heterocycles. The standard InChI is InChI=1S/C14H21NO2S/c1-10-6-5-7-11(13(15)18)12(10)17-9-8-14(2,3)16-4/h5-7H,8-9H2,1-4H3,(H2,15,18). The zero-order valence-corrected chi connectivity index (χ0v) is 12.3. The average molecular weight is 267 g/mol. The maximum Gasteiger partial charge on any atom is 0.132 e. The Kier molecular flexibility index (Phi) is 5.11. The Morgan fingerprint density at radius 1 is 1.39 bits per heavy atom. The minimum Gasteiger partial charge on any atom is -0.492 e. The topological polar surface area (TPSA) is 44.5 Å². The van der Waals surface area contributed by atoms with Crippen molar-refractivity contribution >= 4 is 17.2 Å². The molecule has 0 atom stereocenters. The molecule has 2 N–H and O–H groups in total. The number of methoxy groups -OCH3 is 1. The summed E-state index contributed by atoms with van der Waals surface area (Å²) in [5, 5.41) is 0. The van der Waals surface area contributed by atoms with Crippen LogP contribution in [0.25, 0.3) is 0 Å². The van der Waals surface area contributed by atoms with Gasteiger partial charge in [-0.3, -0.25) is 0 Å². The van der Waals surface area contributed by atoms with Gasteiger partial charge in [-0.05, 0) is 32.4 Å². The van der Waals surface area contributed by atoms with Crippen LogP contribution in [0.1, 0.15) is 31.4 Å². The Morgan fingerprint density at radius 3 is 2.61 bits per heavy atom. The van der Waals surface area contributed by atoms with E-state index in [1.807, 2.05) is 39.0 Å². The van der Waals surface area contributed by atoms with Gasteiger partial charge in [-0.25, -0.2) is 0 Å². The number of thiocarbonyl (C=S) groups is 1. The molecule has 0 radical (unpaired) electrons. The van der Waals surface area contributed by atoms with Crippen LogP contribution >= 0.6 is 12.2 Å². The molecule has 1 aromatic carbocycles. The summed E-state index contributed by atoms with van der Waals surface area (Å²) in [5.74, 6) is 0.775. The van der Waals surface area contributed by atoms with Crippen LogP contribution in [0.4, 0.5) is 0 Å². The first-order chi connectivity index (χ1) is 8.37. The van der Waals surface area contributed by atoms with Gasteiger partial charge in [0.25, 0.3) is 0 Å². The Bertz CT molecular complexity index is 430. The van der Waals surface area contributed by atoms with Gasteiger partial charge in [-0.2, -0.15) is 0 Å². The number of ether oxygens (including phenoxy) is 2. The highest BCUT2D eigenvalue weighted by Crippen LogP contribution is 2.24. The van der Waals surface area contributed by atoms with Crippen molar-refractivity contribution in [3.63, 3.8) is 0 Å². The first-order valence-electron chi connectivity index (χ1n) is 5.95. The second kappa shape index (κ2) is 6.16. The van der Waals surface area contributed by atoms with Crippen molar-refractivity contribution in [2.24, 2.45) is 5.73 Å². The first kappa shape index (κ1) is 14.9. The van der Waals surface area contributed by atoms with E-state index in [9.17, 15) is 0 Å². The summed E-state index contributed by atoms with van der Waals surface area (Å²) in [4.78, 5) is 0.361. The molecule has 0 spiro atoms. The molecule has 0 aromatic heterocycles. The number of rotatable bonds is 6. The summed E-state index contributed by atoms with van der Waals surface area (Å²) in [7, 11) is 1.70. The van der Waals surface area contributed by atoms with Crippen molar-refractivity contribution in [1.29, 1.82) is 0 Å². The van der Waals surface area contributed by atoms with Gasteiger partial charge in [-0.1, -0.05) is 24.4 Å². The molecule has 1 aromatic rings. The van der Waals surface area contributed by atoms with E-state index in [1.54, 1.807) is 7.11 Å². The summed E-state index contributed by atoms with van der Waals surface area (Å²) in [6.07, 6.45) is 0.800. The molecule has 0 aliphatic carbocycles. The Balaban J connectivity index is 2.76. The first-order valence-corrected chi connectivity index (χ1v) is 6.35. The van der Waals surface area contributed by atoms with E-state index in [4.69, 9.17) is 27.4 Å². The van der Waals surface area contributed by atoms with Crippen LogP contribution < -0.4 is 10.5 Å². The maximum absolute atomic E-state index is 5.82. The van der Waals surface area contributed by atoms with Crippen LogP contribution in [0.3, 0.4) is 0 Å². The highest BCUT2D eigenvalue weighted by atomic mass is 32.1. The molecular weight excluding hydrogens is 246 g/mol. The molecule has 0 heterocycles. The quantitative estimate of drug-likeness (QED) is 0.805. The van der Waals surface area contributed by atoms with Crippen LogP contribution in [-0.2, 0) is 4.74 Å². The second-order valence-corrected chi connectivity index (χ2v) is 5.32. The monoisotopic (exact) mass is 267 g/mol. The molecule has 0 fully saturated rings. The molecule has 0 bridgehead atoms. The minimum absolute atomic E-state index is 0.188. The van der Waals surface area contributed by atoms with E-state index in [1.165, 1.54) is 0 Å². The lowest BCUT2D eigenvalue weighted by Gasteiger charge is -2.23. The third-order valence-corrected chi connectivity index (χ3v) is 3.20. The Labute approximate surface area is 114 Å². The van der Waals surface area contributed by atoms with E-state index in [-0.39, 0.29) is 5.60 Å². The van der Waals surface area contributed by atoms with E-state index >= 15 is 0 Å². The summed E-state index contributed by atoms with van der Waals surface area (Å²) >= 11 is 5.03. The van der Waals surface area contributed by atoms with Crippen molar-refractivity contribution in [3.05, 3.63) is 29.3 Å². The van der Waals surface area contributed by atoms with E-state index in [0.29, 0.717) is 11.6 Å². The number of benzene rings is 1. The normalized spacial score (nSPS) is 11.3. The molecule has 4 heteroatoms. The number of para-hydroxylation sites is 1. The van der Waals surface area contributed by atoms with Gasteiger partial charge < -0.3 is 15.2 Å². The van der Waals surface area contributed by atoms with Gasteiger partial charge in [0.15, 0.2) is 0 Å². The molecule has 0 saturated carbocycles. The van der Waals surface area contributed by atoms with Crippen molar-refractivity contribution in [3.8, 4) is 5.75 Å². The van der Waals surface area contributed by atoms with Gasteiger partial charge in [0.2, 0.25) is 0 Å². The van der Waals surface area contributed by atoms with Crippen molar-refractivity contribution in [1.82, 2.24) is 0 Å². The number of hydrogen-bond acceptors (Lipinski definition) is 3. The van der Waals surface area contributed by atoms with E-state index in [2.05, 4.69) is 0 Å². The minimum atomic E-state index is -0.188. The molecule has 0 amide bonds. The molecule has 0 aliphatic rings. The van der Waals surface area contributed by atoms with Gasteiger partial charge in [0, 0.05) is 13.5 Å². The summed E-state index contributed by atoms with van der Waals surface area (Å²) in [6.45, 7) is 6.62. The summed E-state index contributed by atoms with van der Waals surface area (Å²) < 4.78 is 11.2. The lowest BCUT2D eigenvalue weighted by Crippen LogP contribution is -2.25. The fraction of sp³-hybridized carbons (Fsp3) is 0.500.